The predicted octanol–water partition coefficient (Wildman–Crippen LogP) is 3.65. The van der Waals surface area contributed by atoms with Crippen molar-refractivity contribution in [3.63, 3.8) is 0 Å². The van der Waals surface area contributed by atoms with Crippen molar-refractivity contribution in [2.45, 2.75) is 19.9 Å². The zero-order valence-corrected chi connectivity index (χ0v) is 14.0. The highest BCUT2D eigenvalue weighted by Crippen LogP contribution is 2.08. The standard InChI is InChI=1S/C21H19FN2O/c1-16-9-11-17(12-10-16)15-24-13-5-4-8-20(24)23-21(25)14-18-6-2-3-7-19(18)22/h2-13H,14-15H2,1H3. The molecule has 0 aliphatic rings. The first-order chi connectivity index (χ1) is 12.1. The van der Waals surface area contributed by atoms with Crippen LogP contribution >= 0.6 is 0 Å². The number of pyridine rings is 1. The summed E-state index contributed by atoms with van der Waals surface area (Å²) >= 11 is 0. The highest BCUT2D eigenvalue weighted by molar-refractivity contribution is 5.79. The third-order valence-corrected chi connectivity index (χ3v) is 3.93. The molecule has 3 nitrogen and oxygen atoms in total. The van der Waals surface area contributed by atoms with Crippen molar-refractivity contribution in [1.29, 1.82) is 0 Å². The van der Waals surface area contributed by atoms with Crippen LogP contribution in [-0.2, 0) is 17.8 Å². The molecule has 1 aromatic heterocycles. The minimum Gasteiger partial charge on any atom is -0.328 e. The fraction of sp³-hybridized carbons (Fsp3) is 0.143. The number of halogens is 1. The van der Waals surface area contributed by atoms with Crippen LogP contribution < -0.4 is 5.49 Å². The molecule has 0 unspecified atom stereocenters. The van der Waals surface area contributed by atoms with E-state index in [9.17, 15) is 9.18 Å². The molecule has 0 aliphatic heterocycles. The molecule has 0 spiro atoms. The summed E-state index contributed by atoms with van der Waals surface area (Å²) < 4.78 is 15.6. The predicted molar refractivity (Wildman–Crippen MR) is 95.4 cm³/mol. The summed E-state index contributed by atoms with van der Waals surface area (Å²) in [6.07, 6.45) is 1.83. The van der Waals surface area contributed by atoms with Gasteiger partial charge in [0, 0.05) is 12.7 Å². The number of carbonyl (C=O) groups excluding carboxylic acids is 1. The lowest BCUT2D eigenvalue weighted by Gasteiger charge is -2.08. The molecule has 1 amide bonds. The molecule has 3 rings (SSSR count). The minimum absolute atomic E-state index is 0.0495. The molecule has 4 heteroatoms. The van der Waals surface area contributed by atoms with Gasteiger partial charge in [-0.05, 0) is 36.2 Å². The van der Waals surface area contributed by atoms with Crippen LogP contribution in [0.25, 0.3) is 0 Å². The van der Waals surface area contributed by atoms with E-state index in [0.29, 0.717) is 17.6 Å². The second-order valence-electron chi connectivity index (χ2n) is 5.95. The van der Waals surface area contributed by atoms with Crippen molar-refractivity contribution < 1.29 is 9.18 Å². The molecule has 0 radical (unpaired) electrons. The lowest BCUT2D eigenvalue weighted by atomic mass is 10.1. The average molecular weight is 334 g/mol. The maximum Gasteiger partial charge on any atom is 0.252 e. The topological polar surface area (TPSA) is 34.4 Å². The molecule has 126 valence electrons. The Morgan fingerprint density at radius 2 is 1.72 bits per heavy atom. The van der Waals surface area contributed by atoms with Gasteiger partial charge in [0.25, 0.3) is 5.91 Å². The van der Waals surface area contributed by atoms with Crippen LogP contribution in [0.2, 0.25) is 0 Å². The molecule has 0 aliphatic carbocycles. The summed E-state index contributed by atoms with van der Waals surface area (Å²) in [7, 11) is 0. The van der Waals surface area contributed by atoms with E-state index in [0.717, 1.165) is 5.56 Å². The van der Waals surface area contributed by atoms with E-state index in [1.54, 1.807) is 24.3 Å². The van der Waals surface area contributed by atoms with Crippen molar-refractivity contribution >= 4 is 5.91 Å². The first-order valence-electron chi connectivity index (χ1n) is 8.14. The van der Waals surface area contributed by atoms with Crippen LogP contribution in [-0.4, -0.2) is 10.5 Å². The summed E-state index contributed by atoms with van der Waals surface area (Å²) in [5, 5.41) is 0. The lowest BCUT2D eigenvalue weighted by Crippen LogP contribution is -2.22. The number of benzene rings is 2. The Morgan fingerprint density at radius 3 is 2.48 bits per heavy atom. The third kappa shape index (κ3) is 4.51. The van der Waals surface area contributed by atoms with Gasteiger partial charge in [-0.15, -0.1) is 0 Å². The fourth-order valence-corrected chi connectivity index (χ4v) is 2.56. The Labute approximate surface area is 146 Å². The van der Waals surface area contributed by atoms with Gasteiger partial charge >= 0.3 is 0 Å². The Morgan fingerprint density at radius 1 is 1.00 bits per heavy atom. The van der Waals surface area contributed by atoms with Crippen molar-refractivity contribution in [3.8, 4) is 0 Å². The maximum absolute atomic E-state index is 13.7. The molecule has 2 aromatic carbocycles. The van der Waals surface area contributed by atoms with E-state index in [1.807, 2.05) is 29.8 Å². The molecule has 0 atom stereocenters. The quantitative estimate of drug-likeness (QED) is 0.717. The Bertz CT molecular complexity index is 942. The third-order valence-electron chi connectivity index (χ3n) is 3.93. The van der Waals surface area contributed by atoms with Gasteiger partial charge in [-0.3, -0.25) is 4.79 Å². The number of rotatable bonds is 4. The molecule has 0 bridgehead atoms. The number of carbonyl (C=O) groups is 1. The largest absolute Gasteiger partial charge is 0.328 e. The van der Waals surface area contributed by atoms with Gasteiger partial charge in [0.15, 0.2) is 0 Å². The number of nitrogens with zero attached hydrogens (tertiary/aromatic N) is 2. The van der Waals surface area contributed by atoms with E-state index in [-0.39, 0.29) is 18.1 Å². The summed E-state index contributed by atoms with van der Waals surface area (Å²) in [5.74, 6) is -0.749. The first-order valence-corrected chi connectivity index (χ1v) is 8.14. The summed E-state index contributed by atoms with van der Waals surface area (Å²) in [6, 6.07) is 20.0. The highest BCUT2D eigenvalue weighted by atomic mass is 19.1. The van der Waals surface area contributed by atoms with Crippen molar-refractivity contribution in [2.75, 3.05) is 0 Å². The van der Waals surface area contributed by atoms with Crippen LogP contribution in [0.5, 0.6) is 0 Å². The van der Waals surface area contributed by atoms with Gasteiger partial charge in [0.2, 0.25) is 0 Å². The molecule has 0 fully saturated rings. The van der Waals surface area contributed by atoms with Crippen LogP contribution in [0.15, 0.2) is 77.9 Å². The fourth-order valence-electron chi connectivity index (χ4n) is 2.56. The lowest BCUT2D eigenvalue weighted by molar-refractivity contribution is -0.117. The smallest absolute Gasteiger partial charge is 0.252 e. The number of amides is 1. The Kier molecular flexibility index (Phi) is 5.19. The van der Waals surface area contributed by atoms with Crippen molar-refractivity contribution in [1.82, 2.24) is 4.57 Å². The van der Waals surface area contributed by atoms with Crippen LogP contribution in [0, 0.1) is 12.7 Å². The molecule has 3 aromatic rings. The van der Waals surface area contributed by atoms with Crippen molar-refractivity contribution in [2.24, 2.45) is 4.99 Å². The number of hydrogen-bond donors (Lipinski definition) is 0. The Balaban J connectivity index is 1.84. The zero-order valence-electron chi connectivity index (χ0n) is 14.0. The van der Waals surface area contributed by atoms with E-state index < -0.39 is 0 Å². The molecule has 1 heterocycles. The summed E-state index contributed by atoms with van der Waals surface area (Å²) in [4.78, 5) is 16.4. The van der Waals surface area contributed by atoms with Crippen LogP contribution in [0.1, 0.15) is 16.7 Å². The zero-order chi connectivity index (χ0) is 17.6. The van der Waals surface area contributed by atoms with E-state index in [4.69, 9.17) is 0 Å². The molecular formula is C21H19FN2O. The van der Waals surface area contributed by atoms with E-state index in [2.05, 4.69) is 29.3 Å². The van der Waals surface area contributed by atoms with Crippen LogP contribution in [0.3, 0.4) is 0 Å². The van der Waals surface area contributed by atoms with Gasteiger partial charge in [0.1, 0.15) is 11.3 Å². The highest BCUT2D eigenvalue weighted by Gasteiger charge is 2.07. The van der Waals surface area contributed by atoms with Crippen LogP contribution in [0.4, 0.5) is 4.39 Å². The molecule has 0 saturated carbocycles. The monoisotopic (exact) mass is 334 g/mol. The number of aryl methyl sites for hydroxylation is 1. The second kappa shape index (κ2) is 7.71. The number of hydrogen-bond acceptors (Lipinski definition) is 1. The molecule has 25 heavy (non-hydrogen) atoms. The van der Waals surface area contributed by atoms with Gasteiger partial charge in [-0.25, -0.2) is 4.39 Å². The van der Waals surface area contributed by atoms with Crippen molar-refractivity contribution in [3.05, 3.63) is 101 Å². The van der Waals surface area contributed by atoms with Gasteiger partial charge in [0.05, 0.1) is 6.42 Å². The molecule has 0 N–H and O–H groups in total. The summed E-state index contributed by atoms with van der Waals surface area (Å²) in [5.41, 5.74) is 3.24. The molecule has 0 saturated heterocycles. The Hall–Kier alpha value is -3.01. The number of aromatic nitrogens is 1. The minimum atomic E-state index is -0.383. The maximum atomic E-state index is 13.7. The van der Waals surface area contributed by atoms with Gasteiger partial charge < -0.3 is 4.57 Å². The second-order valence-corrected chi connectivity index (χ2v) is 5.95. The summed E-state index contributed by atoms with van der Waals surface area (Å²) in [6.45, 7) is 2.66. The van der Waals surface area contributed by atoms with E-state index in [1.165, 1.54) is 11.6 Å². The first kappa shape index (κ1) is 16.8. The SMILES string of the molecule is Cc1ccc(Cn2ccccc2=NC(=O)Cc2ccccc2F)cc1. The van der Waals surface area contributed by atoms with E-state index >= 15 is 0 Å². The molecular weight excluding hydrogens is 315 g/mol. The average Bonchev–Trinajstić information content (AvgIpc) is 2.61. The normalized spacial score (nSPS) is 11.5. The van der Waals surface area contributed by atoms with Gasteiger partial charge in [-0.2, -0.15) is 4.99 Å². The van der Waals surface area contributed by atoms with Gasteiger partial charge in [-0.1, -0.05) is 54.1 Å².